The molecule has 130 valence electrons. The normalized spacial score (nSPS) is 10.4. The van der Waals surface area contributed by atoms with Gasteiger partial charge in [-0.1, -0.05) is 0 Å². The molecule has 0 aliphatic rings. The molecule has 6 nitrogen and oxygen atoms in total. The second-order valence-corrected chi connectivity index (χ2v) is 6.35. The van der Waals surface area contributed by atoms with Crippen LogP contribution in [-0.4, -0.2) is 41.1 Å². The third-order valence-corrected chi connectivity index (χ3v) is 4.66. The van der Waals surface area contributed by atoms with Crippen LogP contribution in [0.25, 0.3) is 0 Å². The van der Waals surface area contributed by atoms with Crippen LogP contribution in [0.15, 0.2) is 28.9 Å². The fraction of sp³-hybridized carbons (Fsp3) is 0.375. The first-order valence-electron chi connectivity index (χ1n) is 7.44. The molecule has 2 aromatic rings. The van der Waals surface area contributed by atoms with Crippen LogP contribution >= 0.6 is 28.1 Å². The summed E-state index contributed by atoms with van der Waals surface area (Å²) in [5.74, 6) is 1.40. The standard InChI is InChI=1S/C16H21BrN4O2S/c1-5-21-14(12(17)9-18-21)10-20(2)16(24)19-13-7-6-11(22-3)8-15(13)23-4/h6-9H,5,10H2,1-4H3,(H,19,24). The minimum atomic E-state index is 0.592. The molecule has 0 unspecified atom stereocenters. The minimum absolute atomic E-state index is 0.592. The van der Waals surface area contributed by atoms with E-state index in [0.717, 1.165) is 28.1 Å². The monoisotopic (exact) mass is 412 g/mol. The molecule has 1 aromatic heterocycles. The molecule has 0 fully saturated rings. The van der Waals surface area contributed by atoms with Gasteiger partial charge in [-0.05, 0) is 47.2 Å². The molecule has 1 heterocycles. The molecule has 2 rings (SSSR count). The number of aromatic nitrogens is 2. The van der Waals surface area contributed by atoms with E-state index in [0.29, 0.717) is 17.4 Å². The van der Waals surface area contributed by atoms with Gasteiger partial charge >= 0.3 is 0 Å². The van der Waals surface area contributed by atoms with Crippen molar-refractivity contribution in [2.75, 3.05) is 26.6 Å². The summed E-state index contributed by atoms with van der Waals surface area (Å²) in [6.45, 7) is 3.50. The van der Waals surface area contributed by atoms with Crippen molar-refractivity contribution in [1.29, 1.82) is 0 Å². The van der Waals surface area contributed by atoms with Crippen molar-refractivity contribution in [3.63, 3.8) is 0 Å². The molecule has 1 N–H and O–H groups in total. The van der Waals surface area contributed by atoms with Gasteiger partial charge in [0.2, 0.25) is 0 Å². The van der Waals surface area contributed by atoms with E-state index >= 15 is 0 Å². The van der Waals surface area contributed by atoms with Gasteiger partial charge < -0.3 is 19.7 Å². The van der Waals surface area contributed by atoms with Crippen LogP contribution in [0.2, 0.25) is 0 Å². The number of benzene rings is 1. The van der Waals surface area contributed by atoms with Crippen LogP contribution in [0.5, 0.6) is 11.5 Å². The van der Waals surface area contributed by atoms with Crippen LogP contribution in [0.3, 0.4) is 0 Å². The summed E-state index contributed by atoms with van der Waals surface area (Å²) in [5.41, 5.74) is 1.86. The first-order valence-corrected chi connectivity index (χ1v) is 8.64. The topological polar surface area (TPSA) is 51.6 Å². The third kappa shape index (κ3) is 4.18. The third-order valence-electron chi connectivity index (χ3n) is 3.58. The largest absolute Gasteiger partial charge is 0.497 e. The van der Waals surface area contributed by atoms with Gasteiger partial charge in [-0.25, -0.2) is 0 Å². The lowest BCUT2D eigenvalue weighted by Gasteiger charge is -2.22. The van der Waals surface area contributed by atoms with Crippen molar-refractivity contribution in [2.24, 2.45) is 0 Å². The molecule has 0 aliphatic carbocycles. The van der Waals surface area contributed by atoms with E-state index in [1.54, 1.807) is 20.4 Å². The second kappa shape index (κ2) is 8.34. The van der Waals surface area contributed by atoms with Crippen LogP contribution in [0, 0.1) is 0 Å². The quantitative estimate of drug-likeness (QED) is 0.732. The number of methoxy groups -OCH3 is 2. The van der Waals surface area contributed by atoms with E-state index in [-0.39, 0.29) is 0 Å². The molecule has 0 saturated heterocycles. The molecule has 24 heavy (non-hydrogen) atoms. The summed E-state index contributed by atoms with van der Waals surface area (Å²) < 4.78 is 13.5. The van der Waals surface area contributed by atoms with Crippen LogP contribution < -0.4 is 14.8 Å². The molecule has 0 spiro atoms. The van der Waals surface area contributed by atoms with Gasteiger partial charge in [0.1, 0.15) is 11.5 Å². The van der Waals surface area contributed by atoms with Gasteiger partial charge in [0.15, 0.2) is 5.11 Å². The molecule has 8 heteroatoms. The lowest BCUT2D eigenvalue weighted by molar-refractivity contribution is 0.395. The number of halogens is 1. The Labute approximate surface area is 155 Å². The van der Waals surface area contributed by atoms with Crippen LogP contribution in [0.1, 0.15) is 12.6 Å². The number of aryl methyl sites for hydroxylation is 1. The number of nitrogens with one attached hydrogen (secondary N) is 1. The summed E-state index contributed by atoms with van der Waals surface area (Å²) in [5, 5.41) is 8.13. The zero-order valence-electron chi connectivity index (χ0n) is 14.2. The first-order chi connectivity index (χ1) is 11.5. The average molecular weight is 413 g/mol. The van der Waals surface area contributed by atoms with E-state index in [1.165, 1.54) is 0 Å². The van der Waals surface area contributed by atoms with Crippen molar-refractivity contribution in [1.82, 2.24) is 14.7 Å². The summed E-state index contributed by atoms with van der Waals surface area (Å²) in [4.78, 5) is 1.95. The Morgan fingerprint density at radius 1 is 1.38 bits per heavy atom. The van der Waals surface area contributed by atoms with Crippen molar-refractivity contribution in [3.05, 3.63) is 34.6 Å². The fourth-order valence-corrected chi connectivity index (χ4v) is 2.82. The SMILES string of the molecule is CCn1ncc(Br)c1CN(C)C(=S)Nc1ccc(OC)cc1OC. The number of hydrogen-bond donors (Lipinski definition) is 1. The molecule has 0 aliphatic heterocycles. The van der Waals surface area contributed by atoms with Crippen molar-refractivity contribution >= 4 is 38.9 Å². The van der Waals surface area contributed by atoms with E-state index in [2.05, 4.69) is 33.3 Å². The Morgan fingerprint density at radius 3 is 2.75 bits per heavy atom. The smallest absolute Gasteiger partial charge is 0.173 e. The van der Waals surface area contributed by atoms with Gasteiger partial charge in [0, 0.05) is 19.7 Å². The number of nitrogens with zero attached hydrogens (tertiary/aromatic N) is 3. The summed E-state index contributed by atoms with van der Waals surface area (Å²) in [7, 11) is 5.17. The zero-order chi connectivity index (χ0) is 17.7. The van der Waals surface area contributed by atoms with Crippen molar-refractivity contribution in [3.8, 4) is 11.5 Å². The zero-order valence-corrected chi connectivity index (χ0v) is 16.6. The Morgan fingerprint density at radius 2 is 2.12 bits per heavy atom. The number of rotatable bonds is 6. The van der Waals surface area contributed by atoms with E-state index in [9.17, 15) is 0 Å². The van der Waals surface area contributed by atoms with Crippen molar-refractivity contribution < 1.29 is 9.47 Å². The minimum Gasteiger partial charge on any atom is -0.497 e. The van der Waals surface area contributed by atoms with E-state index in [1.807, 2.05) is 34.8 Å². The summed E-state index contributed by atoms with van der Waals surface area (Å²) in [6, 6.07) is 5.55. The maximum atomic E-state index is 5.51. The molecular weight excluding hydrogens is 392 g/mol. The lowest BCUT2D eigenvalue weighted by Crippen LogP contribution is -2.31. The number of anilines is 1. The highest BCUT2D eigenvalue weighted by molar-refractivity contribution is 9.10. The number of hydrogen-bond acceptors (Lipinski definition) is 4. The fourth-order valence-electron chi connectivity index (χ4n) is 2.23. The molecular formula is C16H21BrN4O2S. The Kier molecular flexibility index (Phi) is 6.44. The van der Waals surface area contributed by atoms with Crippen molar-refractivity contribution in [2.45, 2.75) is 20.0 Å². The predicted molar refractivity (Wildman–Crippen MR) is 103 cm³/mol. The Bertz CT molecular complexity index is 720. The first kappa shape index (κ1) is 18.5. The highest BCUT2D eigenvalue weighted by Gasteiger charge is 2.14. The predicted octanol–water partition coefficient (Wildman–Crippen LogP) is 3.51. The average Bonchev–Trinajstić information content (AvgIpc) is 2.95. The maximum Gasteiger partial charge on any atom is 0.173 e. The second-order valence-electron chi connectivity index (χ2n) is 5.11. The van der Waals surface area contributed by atoms with Crippen LogP contribution in [0.4, 0.5) is 5.69 Å². The number of ether oxygens (including phenoxy) is 2. The maximum absolute atomic E-state index is 5.51. The van der Waals surface area contributed by atoms with Crippen LogP contribution in [-0.2, 0) is 13.1 Å². The van der Waals surface area contributed by atoms with Gasteiger partial charge in [-0.15, -0.1) is 0 Å². The molecule has 0 bridgehead atoms. The van der Waals surface area contributed by atoms with Gasteiger partial charge in [0.05, 0.1) is 42.8 Å². The Balaban J connectivity index is 2.10. The lowest BCUT2D eigenvalue weighted by atomic mass is 10.2. The molecule has 0 amide bonds. The molecule has 1 aromatic carbocycles. The number of thiocarbonyl (C=S) groups is 1. The van der Waals surface area contributed by atoms with Gasteiger partial charge in [0.25, 0.3) is 0 Å². The van der Waals surface area contributed by atoms with Gasteiger partial charge in [-0.2, -0.15) is 5.10 Å². The highest BCUT2D eigenvalue weighted by atomic mass is 79.9. The summed E-state index contributed by atoms with van der Waals surface area (Å²) in [6.07, 6.45) is 1.80. The molecule has 0 atom stereocenters. The van der Waals surface area contributed by atoms with Gasteiger partial charge in [-0.3, -0.25) is 4.68 Å². The highest BCUT2D eigenvalue weighted by Crippen LogP contribution is 2.29. The molecule has 0 saturated carbocycles. The Hall–Kier alpha value is -1.80. The molecule has 0 radical (unpaired) electrons. The summed E-state index contributed by atoms with van der Waals surface area (Å²) >= 11 is 9.04. The van der Waals surface area contributed by atoms with E-state index in [4.69, 9.17) is 21.7 Å². The van der Waals surface area contributed by atoms with E-state index < -0.39 is 0 Å².